The highest BCUT2D eigenvalue weighted by Gasteiger charge is 2.35. The monoisotopic (exact) mass is 367 g/mol. The molecule has 1 amide bonds. The Hall–Kier alpha value is -2.38. The van der Waals surface area contributed by atoms with Gasteiger partial charge in [-0.3, -0.25) is 14.9 Å². The third-order valence-electron chi connectivity index (χ3n) is 3.51. The van der Waals surface area contributed by atoms with Gasteiger partial charge in [-0.1, -0.05) is 23.2 Å². The fraction of sp³-hybridized carbons (Fsp3) is 0.200. The zero-order chi connectivity index (χ0) is 17.3. The third-order valence-corrected chi connectivity index (χ3v) is 3.97. The normalized spacial score (nSPS) is 14.2. The van der Waals surface area contributed by atoms with Crippen molar-refractivity contribution < 1.29 is 14.5 Å². The van der Waals surface area contributed by atoms with Gasteiger partial charge in [0.1, 0.15) is 11.7 Å². The standard InChI is InChI=1S/C15H11Cl2N3O4/c16-9-1-3-13(20(22)23)12(5-9)15(21)19-7-11(8-19)24-14-4-2-10(17)6-18-14/h1-6,11H,7-8H2. The van der Waals surface area contributed by atoms with E-state index in [2.05, 4.69) is 4.98 Å². The van der Waals surface area contributed by atoms with Crippen molar-refractivity contribution in [2.45, 2.75) is 6.10 Å². The van der Waals surface area contributed by atoms with Gasteiger partial charge in [-0.2, -0.15) is 0 Å². The Kier molecular flexibility index (Phi) is 4.55. The molecule has 0 spiro atoms. The van der Waals surface area contributed by atoms with E-state index in [4.69, 9.17) is 27.9 Å². The Balaban J connectivity index is 1.65. The van der Waals surface area contributed by atoms with Crippen LogP contribution in [0.25, 0.3) is 0 Å². The summed E-state index contributed by atoms with van der Waals surface area (Å²) in [5.41, 5.74) is -0.302. The number of benzene rings is 1. The van der Waals surface area contributed by atoms with Crippen LogP contribution in [0.2, 0.25) is 10.0 Å². The Bertz CT molecular complexity index is 792. The van der Waals surface area contributed by atoms with Crippen LogP contribution in [-0.2, 0) is 0 Å². The molecule has 9 heteroatoms. The van der Waals surface area contributed by atoms with Gasteiger partial charge in [0, 0.05) is 23.4 Å². The fourth-order valence-electron chi connectivity index (χ4n) is 2.29. The second-order valence-electron chi connectivity index (χ2n) is 5.18. The number of carbonyl (C=O) groups excluding carboxylic acids is 1. The van der Waals surface area contributed by atoms with Crippen LogP contribution in [0.3, 0.4) is 0 Å². The Labute approximate surface area is 146 Å². The van der Waals surface area contributed by atoms with E-state index in [1.165, 1.54) is 29.3 Å². The maximum absolute atomic E-state index is 12.4. The summed E-state index contributed by atoms with van der Waals surface area (Å²) in [5.74, 6) is -0.0432. The molecule has 0 atom stereocenters. The Morgan fingerprint density at radius 3 is 2.58 bits per heavy atom. The summed E-state index contributed by atoms with van der Waals surface area (Å²) < 4.78 is 5.60. The number of hydrogen-bond acceptors (Lipinski definition) is 5. The lowest BCUT2D eigenvalue weighted by molar-refractivity contribution is -0.385. The molecule has 1 aliphatic rings. The SMILES string of the molecule is O=C(c1cc(Cl)ccc1[N+](=O)[O-])N1CC(Oc2ccc(Cl)cn2)C1. The lowest BCUT2D eigenvalue weighted by Gasteiger charge is -2.38. The van der Waals surface area contributed by atoms with Crippen LogP contribution < -0.4 is 4.74 Å². The molecule has 1 aromatic heterocycles. The molecule has 0 unspecified atom stereocenters. The number of nitro groups is 1. The predicted molar refractivity (Wildman–Crippen MR) is 87.7 cm³/mol. The Morgan fingerprint density at radius 2 is 1.96 bits per heavy atom. The van der Waals surface area contributed by atoms with Crippen LogP contribution in [0.5, 0.6) is 5.88 Å². The summed E-state index contributed by atoms with van der Waals surface area (Å²) in [6.45, 7) is 0.625. The van der Waals surface area contributed by atoms with Gasteiger partial charge >= 0.3 is 0 Å². The minimum atomic E-state index is -0.602. The first kappa shape index (κ1) is 16.5. The summed E-state index contributed by atoms with van der Waals surface area (Å²) in [5, 5.41) is 11.8. The molecule has 7 nitrogen and oxygen atoms in total. The molecule has 124 valence electrons. The highest BCUT2D eigenvalue weighted by atomic mass is 35.5. The minimum Gasteiger partial charge on any atom is -0.471 e. The quantitative estimate of drug-likeness (QED) is 0.611. The van der Waals surface area contributed by atoms with Crippen molar-refractivity contribution in [2.24, 2.45) is 0 Å². The summed E-state index contributed by atoms with van der Waals surface area (Å²) in [7, 11) is 0. The van der Waals surface area contributed by atoms with E-state index in [9.17, 15) is 14.9 Å². The molecule has 1 aromatic carbocycles. The number of halogens is 2. The first-order valence-corrected chi connectivity index (χ1v) is 7.71. The predicted octanol–water partition coefficient (Wildman–Crippen LogP) is 3.20. The number of hydrogen-bond donors (Lipinski definition) is 0. The van der Waals surface area contributed by atoms with Gasteiger partial charge in [0.2, 0.25) is 5.88 Å². The van der Waals surface area contributed by atoms with Crippen LogP contribution in [0.1, 0.15) is 10.4 Å². The number of aromatic nitrogens is 1. The fourth-order valence-corrected chi connectivity index (χ4v) is 2.57. The van der Waals surface area contributed by atoms with Crippen molar-refractivity contribution in [2.75, 3.05) is 13.1 Å². The molecule has 0 saturated carbocycles. The summed E-state index contributed by atoms with van der Waals surface area (Å²) in [4.78, 5) is 28.3. The molecule has 0 N–H and O–H groups in total. The molecule has 1 saturated heterocycles. The molecule has 0 radical (unpaired) electrons. The van der Waals surface area contributed by atoms with E-state index in [0.29, 0.717) is 24.0 Å². The van der Waals surface area contributed by atoms with Gasteiger partial charge in [0.15, 0.2) is 0 Å². The van der Waals surface area contributed by atoms with Crippen molar-refractivity contribution in [1.82, 2.24) is 9.88 Å². The third kappa shape index (κ3) is 3.42. The molecule has 2 aromatic rings. The molecule has 1 aliphatic heterocycles. The van der Waals surface area contributed by atoms with Crippen molar-refractivity contribution in [1.29, 1.82) is 0 Å². The molecular weight excluding hydrogens is 357 g/mol. The minimum absolute atomic E-state index is 0.0319. The molecule has 0 aliphatic carbocycles. The van der Waals surface area contributed by atoms with Gasteiger partial charge in [-0.15, -0.1) is 0 Å². The summed E-state index contributed by atoms with van der Waals surface area (Å²) >= 11 is 11.6. The number of likely N-dealkylation sites (tertiary alicyclic amines) is 1. The number of amides is 1. The number of ether oxygens (including phenoxy) is 1. The Morgan fingerprint density at radius 1 is 1.25 bits per heavy atom. The highest BCUT2D eigenvalue weighted by molar-refractivity contribution is 6.31. The highest BCUT2D eigenvalue weighted by Crippen LogP contribution is 2.26. The van der Waals surface area contributed by atoms with Gasteiger partial charge in [-0.05, 0) is 18.2 Å². The molecule has 0 bridgehead atoms. The van der Waals surface area contributed by atoms with Gasteiger partial charge < -0.3 is 9.64 Å². The second kappa shape index (κ2) is 6.62. The summed E-state index contributed by atoms with van der Waals surface area (Å²) in [6.07, 6.45) is 1.24. The number of nitro benzene ring substituents is 1. The first-order chi connectivity index (χ1) is 11.4. The molecule has 2 heterocycles. The second-order valence-corrected chi connectivity index (χ2v) is 6.06. The van der Waals surface area contributed by atoms with Crippen molar-refractivity contribution in [3.05, 3.63) is 62.3 Å². The van der Waals surface area contributed by atoms with E-state index in [1.54, 1.807) is 12.1 Å². The van der Waals surface area contributed by atoms with Crippen molar-refractivity contribution >= 4 is 34.8 Å². The number of rotatable bonds is 4. The average Bonchev–Trinajstić information content (AvgIpc) is 2.51. The van der Waals surface area contributed by atoms with Gasteiger partial charge in [0.25, 0.3) is 11.6 Å². The topological polar surface area (TPSA) is 85.6 Å². The molecule has 24 heavy (non-hydrogen) atoms. The number of carbonyl (C=O) groups is 1. The maximum atomic E-state index is 12.4. The van der Waals surface area contributed by atoms with Crippen LogP contribution in [0.4, 0.5) is 5.69 Å². The average molecular weight is 368 g/mol. The van der Waals surface area contributed by atoms with E-state index < -0.39 is 10.8 Å². The number of pyridine rings is 1. The zero-order valence-corrected chi connectivity index (χ0v) is 13.7. The molecule has 3 rings (SSSR count). The summed E-state index contributed by atoms with van der Waals surface area (Å²) in [6, 6.07) is 7.19. The zero-order valence-electron chi connectivity index (χ0n) is 12.2. The van der Waals surface area contributed by atoms with Crippen LogP contribution in [0.15, 0.2) is 36.5 Å². The number of nitrogens with zero attached hydrogens (tertiary/aromatic N) is 3. The van der Waals surface area contributed by atoms with Gasteiger partial charge in [0.05, 0.1) is 23.0 Å². The van der Waals surface area contributed by atoms with E-state index in [0.717, 1.165) is 0 Å². The first-order valence-electron chi connectivity index (χ1n) is 6.95. The van der Waals surface area contributed by atoms with Crippen molar-refractivity contribution in [3.63, 3.8) is 0 Å². The molecular formula is C15H11Cl2N3O4. The lowest BCUT2D eigenvalue weighted by atomic mass is 10.1. The lowest BCUT2D eigenvalue weighted by Crippen LogP contribution is -2.56. The van der Waals surface area contributed by atoms with Crippen LogP contribution in [-0.4, -0.2) is 39.9 Å². The largest absolute Gasteiger partial charge is 0.471 e. The van der Waals surface area contributed by atoms with E-state index >= 15 is 0 Å². The van der Waals surface area contributed by atoms with Crippen LogP contribution in [0, 0.1) is 10.1 Å². The molecule has 1 fully saturated rings. The van der Waals surface area contributed by atoms with Crippen LogP contribution >= 0.6 is 23.2 Å². The van der Waals surface area contributed by atoms with E-state index in [-0.39, 0.29) is 22.4 Å². The van der Waals surface area contributed by atoms with Crippen molar-refractivity contribution in [3.8, 4) is 5.88 Å². The smallest absolute Gasteiger partial charge is 0.282 e. The maximum Gasteiger partial charge on any atom is 0.282 e. The van der Waals surface area contributed by atoms with Gasteiger partial charge in [-0.25, -0.2) is 4.98 Å². The van der Waals surface area contributed by atoms with E-state index in [1.807, 2.05) is 0 Å².